The van der Waals surface area contributed by atoms with E-state index in [2.05, 4.69) is 20.3 Å². The Morgan fingerprint density at radius 3 is 2.89 bits per heavy atom. The van der Waals surface area contributed by atoms with Crippen LogP contribution in [0.25, 0.3) is 0 Å². The lowest BCUT2D eigenvalue weighted by atomic mass is 10.0. The summed E-state index contributed by atoms with van der Waals surface area (Å²) < 4.78 is 10.6. The molecule has 2 aromatic rings. The number of H-pyrrole nitrogens is 1. The number of nitrogens with zero attached hydrogens (tertiary/aromatic N) is 3. The molecule has 0 saturated carbocycles. The van der Waals surface area contributed by atoms with E-state index in [1.54, 1.807) is 14.0 Å². The van der Waals surface area contributed by atoms with Crippen molar-refractivity contribution in [3.8, 4) is 0 Å². The molecule has 1 aliphatic rings. The van der Waals surface area contributed by atoms with Gasteiger partial charge in [0.2, 0.25) is 0 Å². The van der Waals surface area contributed by atoms with Gasteiger partial charge in [-0.15, -0.1) is 0 Å². The maximum absolute atomic E-state index is 12.4. The molecule has 0 aliphatic carbocycles. The number of ether oxygens (including phenoxy) is 2. The second-order valence-corrected chi connectivity index (χ2v) is 7.75. The monoisotopic (exact) mass is 447 g/mol. The Hall–Kier alpha value is -1.88. The van der Waals surface area contributed by atoms with Gasteiger partial charge in [0, 0.05) is 20.2 Å². The SMILES string of the molecule is CCOC(=O)c1cnc(N2CC[C@@H](NC(=O)c3nc(Cl)c(Cl)[nH]3)[C@@H](OC)C2)s1. The molecule has 2 N–H and O–H groups in total. The van der Waals surface area contributed by atoms with Crippen molar-refractivity contribution in [2.24, 2.45) is 0 Å². The Bertz CT molecular complexity index is 838. The number of halogens is 2. The third-order valence-corrected chi connectivity index (χ3v) is 5.94. The van der Waals surface area contributed by atoms with Crippen LogP contribution in [-0.4, -0.2) is 65.8 Å². The number of piperidine rings is 1. The van der Waals surface area contributed by atoms with Crippen LogP contribution >= 0.6 is 34.5 Å². The molecule has 1 amide bonds. The zero-order chi connectivity index (χ0) is 20.3. The molecule has 12 heteroatoms. The molecule has 152 valence electrons. The number of aromatic amines is 1. The number of amides is 1. The quantitative estimate of drug-likeness (QED) is 0.653. The van der Waals surface area contributed by atoms with E-state index in [1.165, 1.54) is 17.5 Å². The Balaban J connectivity index is 1.63. The van der Waals surface area contributed by atoms with E-state index in [1.807, 2.05) is 4.90 Å². The summed E-state index contributed by atoms with van der Waals surface area (Å²) in [6.45, 7) is 3.22. The van der Waals surface area contributed by atoms with Crippen LogP contribution in [0, 0.1) is 0 Å². The molecule has 0 unspecified atom stereocenters. The number of thiazole rings is 1. The van der Waals surface area contributed by atoms with E-state index < -0.39 is 5.91 Å². The molecule has 0 aromatic carbocycles. The molecular formula is C16H19Cl2N5O4S. The number of hydrogen-bond donors (Lipinski definition) is 2. The molecule has 1 aliphatic heterocycles. The molecule has 1 saturated heterocycles. The van der Waals surface area contributed by atoms with Crippen LogP contribution in [0.3, 0.4) is 0 Å². The molecule has 3 rings (SSSR count). The lowest BCUT2D eigenvalue weighted by Crippen LogP contribution is -2.55. The Kier molecular flexibility index (Phi) is 6.76. The molecule has 3 heterocycles. The van der Waals surface area contributed by atoms with Crippen molar-refractivity contribution in [3.63, 3.8) is 0 Å². The van der Waals surface area contributed by atoms with Gasteiger partial charge in [0.15, 0.2) is 16.1 Å². The number of rotatable bonds is 6. The highest BCUT2D eigenvalue weighted by molar-refractivity contribution is 7.17. The molecule has 28 heavy (non-hydrogen) atoms. The number of anilines is 1. The Labute approximate surface area is 175 Å². The van der Waals surface area contributed by atoms with Crippen LogP contribution in [-0.2, 0) is 9.47 Å². The third kappa shape index (κ3) is 4.57. The van der Waals surface area contributed by atoms with E-state index in [4.69, 9.17) is 32.7 Å². The fourth-order valence-corrected chi connectivity index (χ4v) is 3.99. The Morgan fingerprint density at radius 2 is 2.25 bits per heavy atom. The van der Waals surface area contributed by atoms with Crippen molar-refractivity contribution in [1.82, 2.24) is 20.3 Å². The number of aromatic nitrogens is 3. The number of carbonyl (C=O) groups excluding carboxylic acids is 2. The van der Waals surface area contributed by atoms with E-state index in [0.29, 0.717) is 36.1 Å². The van der Waals surface area contributed by atoms with Crippen molar-refractivity contribution in [3.05, 3.63) is 27.2 Å². The molecule has 0 spiro atoms. The first-order valence-corrected chi connectivity index (χ1v) is 10.1. The molecule has 0 radical (unpaired) electrons. The van der Waals surface area contributed by atoms with Crippen molar-refractivity contribution >= 4 is 51.5 Å². The first-order valence-electron chi connectivity index (χ1n) is 8.55. The van der Waals surface area contributed by atoms with Gasteiger partial charge in [-0.1, -0.05) is 34.5 Å². The number of methoxy groups -OCH3 is 1. The van der Waals surface area contributed by atoms with Crippen LogP contribution < -0.4 is 10.2 Å². The van der Waals surface area contributed by atoms with Crippen LogP contribution in [0.4, 0.5) is 5.13 Å². The average molecular weight is 448 g/mol. The number of imidazole rings is 1. The van der Waals surface area contributed by atoms with Gasteiger partial charge in [0.25, 0.3) is 5.91 Å². The highest BCUT2D eigenvalue weighted by Crippen LogP contribution is 2.27. The van der Waals surface area contributed by atoms with Gasteiger partial charge in [0.1, 0.15) is 10.0 Å². The highest BCUT2D eigenvalue weighted by atomic mass is 35.5. The number of nitrogens with one attached hydrogen (secondary N) is 2. The smallest absolute Gasteiger partial charge is 0.350 e. The van der Waals surface area contributed by atoms with E-state index >= 15 is 0 Å². The van der Waals surface area contributed by atoms with E-state index in [9.17, 15) is 9.59 Å². The predicted molar refractivity (Wildman–Crippen MR) is 106 cm³/mol. The van der Waals surface area contributed by atoms with Gasteiger partial charge in [0.05, 0.1) is 24.9 Å². The van der Waals surface area contributed by atoms with Crippen LogP contribution in [0.5, 0.6) is 0 Å². The van der Waals surface area contributed by atoms with Gasteiger partial charge in [-0.05, 0) is 13.3 Å². The number of hydrogen-bond acceptors (Lipinski definition) is 8. The van der Waals surface area contributed by atoms with E-state index in [0.717, 1.165) is 0 Å². The Morgan fingerprint density at radius 1 is 1.46 bits per heavy atom. The summed E-state index contributed by atoms with van der Waals surface area (Å²) >= 11 is 12.9. The second-order valence-electron chi connectivity index (χ2n) is 6.01. The predicted octanol–water partition coefficient (Wildman–Crippen LogP) is 2.37. The minimum absolute atomic E-state index is 0.0473. The van der Waals surface area contributed by atoms with Crippen molar-refractivity contribution in [2.45, 2.75) is 25.5 Å². The molecule has 1 fully saturated rings. The molecule has 2 atom stereocenters. The molecule has 0 bridgehead atoms. The molecule has 2 aromatic heterocycles. The number of esters is 1. The second kappa shape index (κ2) is 9.08. The lowest BCUT2D eigenvalue weighted by molar-refractivity contribution is 0.0530. The van der Waals surface area contributed by atoms with Gasteiger partial charge in [-0.2, -0.15) is 0 Å². The fraction of sp³-hybridized carbons (Fsp3) is 0.500. The zero-order valence-electron chi connectivity index (χ0n) is 15.2. The normalized spacial score (nSPS) is 19.5. The molecular weight excluding hydrogens is 429 g/mol. The van der Waals surface area contributed by atoms with Crippen molar-refractivity contribution < 1.29 is 19.1 Å². The first kappa shape index (κ1) is 20.8. The largest absolute Gasteiger partial charge is 0.462 e. The zero-order valence-corrected chi connectivity index (χ0v) is 17.5. The topological polar surface area (TPSA) is 109 Å². The molecule has 9 nitrogen and oxygen atoms in total. The summed E-state index contributed by atoms with van der Waals surface area (Å²) in [4.78, 5) is 37.5. The van der Waals surface area contributed by atoms with Gasteiger partial charge in [-0.25, -0.2) is 14.8 Å². The standard InChI is InChI=1S/C16H19Cl2N5O4S/c1-3-27-15(25)10-6-19-16(28-10)23-5-4-8(9(7-23)26-2)20-14(24)13-21-11(17)12(18)22-13/h6,8-9H,3-5,7H2,1-2H3,(H,20,24)(H,21,22)/t8-,9+/m1/s1. The van der Waals surface area contributed by atoms with Crippen LogP contribution in [0.2, 0.25) is 10.3 Å². The maximum atomic E-state index is 12.4. The summed E-state index contributed by atoms with van der Waals surface area (Å²) in [5.74, 6) is -0.744. The first-order chi connectivity index (χ1) is 13.4. The third-order valence-electron chi connectivity index (χ3n) is 4.25. The average Bonchev–Trinajstić information content (AvgIpc) is 3.30. The highest BCUT2D eigenvalue weighted by Gasteiger charge is 2.32. The number of carbonyl (C=O) groups is 2. The minimum atomic E-state index is -0.409. The fourth-order valence-electron chi connectivity index (χ4n) is 2.88. The summed E-state index contributed by atoms with van der Waals surface area (Å²) in [6, 6.07) is -0.221. The van der Waals surface area contributed by atoms with Crippen molar-refractivity contribution in [1.29, 1.82) is 0 Å². The van der Waals surface area contributed by atoms with Crippen LogP contribution in [0.1, 0.15) is 33.6 Å². The van der Waals surface area contributed by atoms with Gasteiger partial charge >= 0.3 is 5.97 Å². The summed E-state index contributed by atoms with van der Waals surface area (Å²) in [5.41, 5.74) is 0. The lowest BCUT2D eigenvalue weighted by Gasteiger charge is -2.37. The summed E-state index contributed by atoms with van der Waals surface area (Å²) in [6.07, 6.45) is 1.87. The van der Waals surface area contributed by atoms with Crippen molar-refractivity contribution in [2.75, 3.05) is 31.7 Å². The minimum Gasteiger partial charge on any atom is -0.462 e. The van der Waals surface area contributed by atoms with Gasteiger partial charge < -0.3 is 24.7 Å². The van der Waals surface area contributed by atoms with Gasteiger partial charge in [-0.3, -0.25) is 4.79 Å². The van der Waals surface area contributed by atoms with Crippen LogP contribution in [0.15, 0.2) is 6.20 Å². The van der Waals surface area contributed by atoms with E-state index in [-0.39, 0.29) is 34.2 Å². The summed E-state index contributed by atoms with van der Waals surface area (Å²) in [7, 11) is 1.58. The summed E-state index contributed by atoms with van der Waals surface area (Å²) in [5, 5.41) is 3.77. The maximum Gasteiger partial charge on any atom is 0.350 e.